The number of rotatable bonds is 2. The molecule has 0 fully saturated rings. The first-order valence-corrected chi connectivity index (χ1v) is 6.80. The fraction of sp³-hybridized carbons (Fsp3) is 0.133. The standard InChI is InChI=1S/C15H12ClNS/c1-10-5-6-12(8-11(10)2)15(16)13(9-17)14-4-3-7-18-14/h3-8H,1-2H3/b15-13+. The monoisotopic (exact) mass is 273 g/mol. The van der Waals surface area contributed by atoms with Crippen molar-refractivity contribution >= 4 is 33.5 Å². The summed E-state index contributed by atoms with van der Waals surface area (Å²) in [5, 5.41) is 11.7. The third-order valence-electron chi connectivity index (χ3n) is 2.86. The normalized spacial score (nSPS) is 11.9. The van der Waals surface area contributed by atoms with Crippen molar-refractivity contribution in [2.24, 2.45) is 0 Å². The number of aryl methyl sites for hydroxylation is 2. The Labute approximate surface area is 116 Å². The second-order valence-corrected chi connectivity index (χ2v) is 5.40. The third kappa shape index (κ3) is 2.48. The van der Waals surface area contributed by atoms with Gasteiger partial charge in [0.05, 0.1) is 10.6 Å². The molecule has 18 heavy (non-hydrogen) atoms. The predicted octanol–water partition coefficient (Wildman–Crippen LogP) is 5.00. The van der Waals surface area contributed by atoms with Gasteiger partial charge in [-0.2, -0.15) is 5.26 Å². The molecule has 0 unspecified atom stereocenters. The lowest BCUT2D eigenvalue weighted by molar-refractivity contribution is 1.33. The summed E-state index contributed by atoms with van der Waals surface area (Å²) >= 11 is 7.87. The first kappa shape index (κ1) is 12.9. The zero-order valence-corrected chi connectivity index (χ0v) is 11.8. The smallest absolute Gasteiger partial charge is 0.102 e. The van der Waals surface area contributed by atoms with Gasteiger partial charge in [0, 0.05) is 4.88 Å². The van der Waals surface area contributed by atoms with Crippen LogP contribution in [-0.4, -0.2) is 0 Å². The van der Waals surface area contributed by atoms with Gasteiger partial charge in [-0.3, -0.25) is 0 Å². The van der Waals surface area contributed by atoms with Gasteiger partial charge >= 0.3 is 0 Å². The first-order chi connectivity index (χ1) is 8.63. The van der Waals surface area contributed by atoms with Gasteiger partial charge in [0.15, 0.2) is 0 Å². The molecule has 0 N–H and O–H groups in total. The van der Waals surface area contributed by atoms with Crippen LogP contribution >= 0.6 is 22.9 Å². The number of allylic oxidation sites excluding steroid dienone is 1. The summed E-state index contributed by atoms with van der Waals surface area (Å²) in [6.07, 6.45) is 0. The summed E-state index contributed by atoms with van der Waals surface area (Å²) in [6.45, 7) is 4.10. The summed E-state index contributed by atoms with van der Waals surface area (Å²) in [5.74, 6) is 0. The number of nitrogens with zero attached hydrogens (tertiary/aromatic N) is 1. The summed E-state index contributed by atoms with van der Waals surface area (Å²) in [7, 11) is 0. The molecule has 0 radical (unpaired) electrons. The highest BCUT2D eigenvalue weighted by atomic mass is 35.5. The van der Waals surface area contributed by atoms with E-state index < -0.39 is 0 Å². The molecule has 0 saturated heterocycles. The maximum absolute atomic E-state index is 9.27. The fourth-order valence-electron chi connectivity index (χ4n) is 1.66. The van der Waals surface area contributed by atoms with E-state index in [1.165, 1.54) is 22.5 Å². The minimum atomic E-state index is 0.517. The van der Waals surface area contributed by atoms with Crippen LogP contribution in [-0.2, 0) is 0 Å². The molecule has 3 heteroatoms. The van der Waals surface area contributed by atoms with E-state index in [1.54, 1.807) is 0 Å². The van der Waals surface area contributed by atoms with Crippen LogP contribution in [0.1, 0.15) is 21.6 Å². The van der Waals surface area contributed by atoms with Crippen LogP contribution in [0.2, 0.25) is 0 Å². The van der Waals surface area contributed by atoms with Gasteiger partial charge in [-0.05, 0) is 42.0 Å². The quantitative estimate of drug-likeness (QED) is 0.707. The molecular weight excluding hydrogens is 262 g/mol. The molecule has 2 aromatic rings. The lowest BCUT2D eigenvalue weighted by atomic mass is 10.0. The highest BCUT2D eigenvalue weighted by Crippen LogP contribution is 2.32. The van der Waals surface area contributed by atoms with Crippen molar-refractivity contribution < 1.29 is 0 Å². The maximum Gasteiger partial charge on any atom is 0.102 e. The Morgan fingerprint density at radius 1 is 1.22 bits per heavy atom. The SMILES string of the molecule is Cc1ccc(/C(Cl)=C(/C#N)c2cccs2)cc1C. The van der Waals surface area contributed by atoms with Crippen LogP contribution in [0.5, 0.6) is 0 Å². The highest BCUT2D eigenvalue weighted by Gasteiger charge is 2.10. The van der Waals surface area contributed by atoms with Crippen LogP contribution in [0.25, 0.3) is 10.6 Å². The second-order valence-electron chi connectivity index (χ2n) is 4.08. The molecule has 2 rings (SSSR count). The fourth-order valence-corrected chi connectivity index (χ4v) is 2.70. The molecule has 0 aliphatic rings. The van der Waals surface area contributed by atoms with Crippen molar-refractivity contribution in [3.05, 3.63) is 57.3 Å². The lowest BCUT2D eigenvalue weighted by Crippen LogP contribution is -1.87. The molecule has 0 aliphatic carbocycles. The van der Waals surface area contributed by atoms with E-state index >= 15 is 0 Å². The molecule has 0 bridgehead atoms. The highest BCUT2D eigenvalue weighted by molar-refractivity contribution is 7.11. The molecular formula is C15H12ClNS. The molecule has 0 spiro atoms. The molecule has 1 nitrogen and oxygen atoms in total. The van der Waals surface area contributed by atoms with Crippen LogP contribution in [0.4, 0.5) is 0 Å². The number of benzene rings is 1. The predicted molar refractivity (Wildman–Crippen MR) is 78.5 cm³/mol. The molecule has 0 atom stereocenters. The lowest BCUT2D eigenvalue weighted by Gasteiger charge is -2.06. The van der Waals surface area contributed by atoms with Gasteiger partial charge in [-0.1, -0.05) is 35.9 Å². The van der Waals surface area contributed by atoms with E-state index in [0.29, 0.717) is 10.6 Å². The Bertz CT molecular complexity index is 633. The summed E-state index contributed by atoms with van der Waals surface area (Å²) in [6, 6.07) is 12.0. The Balaban J connectivity index is 2.54. The van der Waals surface area contributed by atoms with Crippen molar-refractivity contribution in [3.63, 3.8) is 0 Å². The van der Waals surface area contributed by atoms with E-state index in [2.05, 4.69) is 13.0 Å². The van der Waals surface area contributed by atoms with Gasteiger partial charge in [0.25, 0.3) is 0 Å². The van der Waals surface area contributed by atoms with Crippen LogP contribution in [0.3, 0.4) is 0 Å². The number of hydrogen-bond acceptors (Lipinski definition) is 2. The Hall–Kier alpha value is -1.56. The van der Waals surface area contributed by atoms with E-state index in [1.807, 2.05) is 42.6 Å². The van der Waals surface area contributed by atoms with Gasteiger partial charge < -0.3 is 0 Å². The van der Waals surface area contributed by atoms with Crippen LogP contribution in [0, 0.1) is 25.2 Å². The molecule has 0 aliphatic heterocycles. The van der Waals surface area contributed by atoms with Crippen molar-refractivity contribution in [2.75, 3.05) is 0 Å². The summed E-state index contributed by atoms with van der Waals surface area (Å²) in [4.78, 5) is 0.903. The minimum Gasteiger partial charge on any atom is -0.192 e. The third-order valence-corrected chi connectivity index (χ3v) is 4.15. The number of halogens is 1. The Kier molecular flexibility index (Phi) is 3.86. The molecule has 1 aromatic carbocycles. The summed E-state index contributed by atoms with van der Waals surface area (Å²) in [5.41, 5.74) is 3.83. The van der Waals surface area contributed by atoms with Gasteiger partial charge in [0.1, 0.15) is 6.07 Å². The van der Waals surface area contributed by atoms with Crippen LogP contribution in [0.15, 0.2) is 35.7 Å². The van der Waals surface area contributed by atoms with Gasteiger partial charge in [0.2, 0.25) is 0 Å². The Morgan fingerprint density at radius 2 is 2.00 bits per heavy atom. The van der Waals surface area contributed by atoms with Gasteiger partial charge in [-0.15, -0.1) is 11.3 Å². The maximum atomic E-state index is 9.27. The van der Waals surface area contributed by atoms with E-state index in [-0.39, 0.29) is 0 Å². The minimum absolute atomic E-state index is 0.517. The molecule has 0 saturated carbocycles. The van der Waals surface area contributed by atoms with Crippen molar-refractivity contribution in [2.45, 2.75) is 13.8 Å². The van der Waals surface area contributed by atoms with Crippen molar-refractivity contribution in [3.8, 4) is 6.07 Å². The average Bonchev–Trinajstić information content (AvgIpc) is 2.87. The molecule has 1 heterocycles. The number of nitriles is 1. The first-order valence-electron chi connectivity index (χ1n) is 5.55. The van der Waals surface area contributed by atoms with E-state index in [0.717, 1.165) is 10.4 Å². The Morgan fingerprint density at radius 3 is 2.56 bits per heavy atom. The average molecular weight is 274 g/mol. The molecule has 0 amide bonds. The van der Waals surface area contributed by atoms with Gasteiger partial charge in [-0.25, -0.2) is 0 Å². The molecule has 1 aromatic heterocycles. The summed E-state index contributed by atoms with van der Waals surface area (Å²) < 4.78 is 0. The number of thiophene rings is 1. The molecule has 90 valence electrons. The van der Waals surface area contributed by atoms with Crippen molar-refractivity contribution in [1.82, 2.24) is 0 Å². The van der Waals surface area contributed by atoms with E-state index in [9.17, 15) is 5.26 Å². The number of hydrogen-bond donors (Lipinski definition) is 0. The topological polar surface area (TPSA) is 23.8 Å². The zero-order valence-electron chi connectivity index (χ0n) is 10.2. The second kappa shape index (κ2) is 5.39. The van der Waals surface area contributed by atoms with Crippen molar-refractivity contribution in [1.29, 1.82) is 5.26 Å². The largest absolute Gasteiger partial charge is 0.192 e. The zero-order chi connectivity index (χ0) is 13.1. The van der Waals surface area contributed by atoms with E-state index in [4.69, 9.17) is 11.6 Å². The van der Waals surface area contributed by atoms with Crippen LogP contribution < -0.4 is 0 Å².